The van der Waals surface area contributed by atoms with Gasteiger partial charge in [-0.3, -0.25) is 9.78 Å². The highest BCUT2D eigenvalue weighted by Crippen LogP contribution is 2.03. The third-order valence-corrected chi connectivity index (χ3v) is 2.02. The van der Waals surface area contributed by atoms with Crippen molar-refractivity contribution in [2.45, 2.75) is 20.3 Å². The Morgan fingerprint density at radius 3 is 2.63 bits per heavy atom. The number of carbonyl (C=O) groups excluding carboxylic acids is 2. The molecule has 5 nitrogen and oxygen atoms in total. The Morgan fingerprint density at radius 1 is 1.21 bits per heavy atom. The fourth-order valence-electron chi connectivity index (χ4n) is 1.26. The first-order valence-corrected chi connectivity index (χ1v) is 5.94. The molecule has 0 spiro atoms. The molecule has 0 unspecified atom stereocenters. The van der Waals surface area contributed by atoms with E-state index in [4.69, 9.17) is 9.47 Å². The number of aromatic nitrogens is 1. The van der Waals surface area contributed by atoms with E-state index < -0.39 is 5.97 Å². The van der Waals surface area contributed by atoms with Crippen molar-refractivity contribution < 1.29 is 19.1 Å². The summed E-state index contributed by atoms with van der Waals surface area (Å²) in [5.41, 5.74) is 0.889. The third kappa shape index (κ3) is 5.21. The van der Waals surface area contributed by atoms with Gasteiger partial charge in [-0.05, 0) is 19.9 Å². The number of rotatable bonds is 4. The minimum atomic E-state index is -0.441. The van der Waals surface area contributed by atoms with Crippen molar-refractivity contribution in [3.8, 4) is 11.8 Å². The maximum Gasteiger partial charge on any atom is 0.339 e. The van der Waals surface area contributed by atoms with E-state index in [1.54, 1.807) is 19.9 Å². The highest BCUT2D eigenvalue weighted by molar-refractivity contribution is 5.89. The van der Waals surface area contributed by atoms with Crippen molar-refractivity contribution in [1.29, 1.82) is 0 Å². The first-order chi connectivity index (χ1) is 9.17. The summed E-state index contributed by atoms with van der Waals surface area (Å²) in [5.74, 6) is 4.61. The zero-order valence-electron chi connectivity index (χ0n) is 10.9. The maximum atomic E-state index is 11.5. The predicted octanol–water partition coefficient (Wildman–Crippen LogP) is 1.56. The minimum Gasteiger partial charge on any atom is -0.465 e. The number of nitrogens with zero attached hydrogens (tertiary/aromatic N) is 1. The topological polar surface area (TPSA) is 65.5 Å². The molecule has 5 heteroatoms. The van der Waals surface area contributed by atoms with Crippen LogP contribution in [-0.2, 0) is 14.3 Å². The number of hydrogen-bond acceptors (Lipinski definition) is 5. The number of ether oxygens (including phenoxy) is 2. The average molecular weight is 261 g/mol. The molecule has 19 heavy (non-hydrogen) atoms. The fourth-order valence-corrected chi connectivity index (χ4v) is 1.26. The molecule has 0 aliphatic rings. The van der Waals surface area contributed by atoms with Gasteiger partial charge in [-0.2, -0.15) is 0 Å². The molecule has 0 N–H and O–H groups in total. The molecule has 1 heterocycles. The van der Waals surface area contributed by atoms with Crippen LogP contribution in [0, 0.1) is 11.8 Å². The Kier molecular flexibility index (Phi) is 6.10. The summed E-state index contributed by atoms with van der Waals surface area (Å²) in [4.78, 5) is 26.5. The first-order valence-electron chi connectivity index (χ1n) is 5.94. The van der Waals surface area contributed by atoms with Crippen molar-refractivity contribution in [3.63, 3.8) is 0 Å². The lowest BCUT2D eigenvalue weighted by Crippen LogP contribution is -2.05. The van der Waals surface area contributed by atoms with Crippen LogP contribution in [-0.4, -0.2) is 30.1 Å². The fraction of sp³-hybridized carbons (Fsp3) is 0.357. The van der Waals surface area contributed by atoms with Gasteiger partial charge in [0, 0.05) is 18.0 Å². The van der Waals surface area contributed by atoms with E-state index in [2.05, 4.69) is 16.8 Å². The van der Waals surface area contributed by atoms with E-state index in [1.165, 1.54) is 12.4 Å². The van der Waals surface area contributed by atoms with Crippen LogP contribution >= 0.6 is 0 Å². The van der Waals surface area contributed by atoms with Gasteiger partial charge in [0.25, 0.3) is 0 Å². The largest absolute Gasteiger partial charge is 0.465 e. The molecule has 1 aromatic rings. The van der Waals surface area contributed by atoms with Crippen LogP contribution in [0.25, 0.3) is 0 Å². The second kappa shape index (κ2) is 7.88. The first kappa shape index (κ1) is 14.7. The van der Waals surface area contributed by atoms with Gasteiger partial charge >= 0.3 is 11.9 Å². The van der Waals surface area contributed by atoms with Crippen molar-refractivity contribution in [2.75, 3.05) is 13.2 Å². The Bertz CT molecular complexity index is 514. The lowest BCUT2D eigenvalue weighted by Gasteiger charge is -2.00. The molecule has 0 aromatic carbocycles. The summed E-state index contributed by atoms with van der Waals surface area (Å²) in [6.07, 6.45) is 2.94. The van der Waals surface area contributed by atoms with E-state index >= 15 is 0 Å². The van der Waals surface area contributed by atoms with Crippen LogP contribution in [0.3, 0.4) is 0 Å². The molecule has 100 valence electrons. The third-order valence-electron chi connectivity index (χ3n) is 2.02. The monoisotopic (exact) mass is 261 g/mol. The number of hydrogen-bond donors (Lipinski definition) is 0. The molecular formula is C14H15NO4. The summed E-state index contributed by atoms with van der Waals surface area (Å²) in [6, 6.07) is 1.57. The van der Waals surface area contributed by atoms with Crippen LogP contribution in [0.15, 0.2) is 18.5 Å². The average Bonchev–Trinajstić information content (AvgIpc) is 2.40. The lowest BCUT2D eigenvalue weighted by molar-refractivity contribution is -0.141. The van der Waals surface area contributed by atoms with Crippen LogP contribution in [0.1, 0.15) is 36.2 Å². The van der Waals surface area contributed by atoms with E-state index in [9.17, 15) is 9.59 Å². The molecular weight excluding hydrogens is 246 g/mol. The Labute approximate surface area is 111 Å². The van der Waals surface area contributed by atoms with Gasteiger partial charge in [0.1, 0.15) is 6.42 Å². The van der Waals surface area contributed by atoms with E-state index in [-0.39, 0.29) is 12.4 Å². The van der Waals surface area contributed by atoms with Crippen LogP contribution in [0.5, 0.6) is 0 Å². The van der Waals surface area contributed by atoms with E-state index in [0.717, 1.165) is 0 Å². The zero-order valence-corrected chi connectivity index (χ0v) is 10.9. The van der Waals surface area contributed by atoms with Crippen molar-refractivity contribution in [2.24, 2.45) is 0 Å². The second-order valence-electron chi connectivity index (χ2n) is 3.47. The van der Waals surface area contributed by atoms with Gasteiger partial charge in [0.05, 0.1) is 18.8 Å². The van der Waals surface area contributed by atoms with Gasteiger partial charge in [0.15, 0.2) is 0 Å². The quantitative estimate of drug-likeness (QED) is 0.608. The second-order valence-corrected chi connectivity index (χ2v) is 3.47. The van der Waals surface area contributed by atoms with E-state index in [1.807, 2.05) is 0 Å². The Balaban J connectivity index is 2.70. The van der Waals surface area contributed by atoms with Gasteiger partial charge in [-0.1, -0.05) is 11.8 Å². The SMILES string of the molecule is CCOC(=O)CC#Cc1cncc(C(=O)OCC)c1. The molecule has 0 saturated carbocycles. The van der Waals surface area contributed by atoms with Crippen molar-refractivity contribution >= 4 is 11.9 Å². The summed E-state index contributed by atoms with van der Waals surface area (Å²) >= 11 is 0. The molecule has 0 radical (unpaired) electrons. The molecule has 0 saturated heterocycles. The van der Waals surface area contributed by atoms with Gasteiger partial charge < -0.3 is 9.47 Å². The molecule has 0 fully saturated rings. The molecule has 0 atom stereocenters. The molecule has 1 rings (SSSR count). The standard InChI is InChI=1S/C14H15NO4/c1-3-18-13(16)7-5-6-11-8-12(10-15-9-11)14(17)19-4-2/h8-10H,3-4,7H2,1-2H3. The van der Waals surface area contributed by atoms with Crippen LogP contribution < -0.4 is 0 Å². The van der Waals surface area contributed by atoms with Crippen LogP contribution in [0.2, 0.25) is 0 Å². The molecule has 1 aromatic heterocycles. The summed E-state index contributed by atoms with van der Waals surface area (Å²) in [6.45, 7) is 4.10. The maximum absolute atomic E-state index is 11.5. The molecule has 0 bridgehead atoms. The highest BCUT2D eigenvalue weighted by Gasteiger charge is 2.06. The zero-order chi connectivity index (χ0) is 14.1. The number of pyridine rings is 1. The number of esters is 2. The predicted molar refractivity (Wildman–Crippen MR) is 68.3 cm³/mol. The van der Waals surface area contributed by atoms with Gasteiger partial charge in [-0.15, -0.1) is 0 Å². The van der Waals surface area contributed by atoms with Crippen molar-refractivity contribution in [3.05, 3.63) is 29.6 Å². The Morgan fingerprint density at radius 2 is 1.95 bits per heavy atom. The summed E-state index contributed by atoms with van der Waals surface area (Å²) in [7, 11) is 0. The van der Waals surface area contributed by atoms with Gasteiger partial charge in [-0.25, -0.2) is 4.79 Å². The lowest BCUT2D eigenvalue weighted by atomic mass is 10.2. The molecule has 0 amide bonds. The number of carbonyl (C=O) groups is 2. The van der Waals surface area contributed by atoms with Gasteiger partial charge in [0.2, 0.25) is 0 Å². The smallest absolute Gasteiger partial charge is 0.339 e. The summed E-state index contributed by atoms with van der Waals surface area (Å²) < 4.78 is 9.60. The minimum absolute atomic E-state index is 0.0114. The normalized spacial score (nSPS) is 9.16. The Hall–Kier alpha value is -2.35. The molecule has 0 aliphatic carbocycles. The molecule has 0 aliphatic heterocycles. The highest BCUT2D eigenvalue weighted by atomic mass is 16.5. The van der Waals surface area contributed by atoms with Crippen LogP contribution in [0.4, 0.5) is 0 Å². The summed E-state index contributed by atoms with van der Waals surface area (Å²) in [5, 5.41) is 0. The van der Waals surface area contributed by atoms with Crippen molar-refractivity contribution in [1.82, 2.24) is 4.98 Å². The van der Waals surface area contributed by atoms with E-state index in [0.29, 0.717) is 24.3 Å².